The van der Waals surface area contributed by atoms with Crippen LogP contribution >= 0.6 is 0 Å². The van der Waals surface area contributed by atoms with E-state index >= 15 is 0 Å². The summed E-state index contributed by atoms with van der Waals surface area (Å²) in [7, 11) is -0.765. The highest BCUT2D eigenvalue weighted by Gasteiger charge is 2.50. The summed E-state index contributed by atoms with van der Waals surface area (Å²) in [4.78, 5) is 17.4. The third kappa shape index (κ3) is 8.62. The van der Waals surface area contributed by atoms with Crippen LogP contribution in [0.15, 0.2) is 47.6 Å². The predicted molar refractivity (Wildman–Crippen MR) is 195 cm³/mol. The van der Waals surface area contributed by atoms with E-state index in [1.54, 1.807) is 18.7 Å². The molecule has 0 aromatic carbocycles. The van der Waals surface area contributed by atoms with Gasteiger partial charge in [0.05, 0.1) is 19.3 Å². The number of allylic oxidation sites excluding steroid dienone is 4. The van der Waals surface area contributed by atoms with E-state index in [4.69, 9.17) is 13.7 Å². The predicted octanol–water partition coefficient (Wildman–Crippen LogP) is 10.4. The van der Waals surface area contributed by atoms with E-state index in [1.165, 1.54) is 49.9 Å². The second-order valence-corrected chi connectivity index (χ2v) is 27.1. The van der Waals surface area contributed by atoms with Gasteiger partial charge in [-0.05, 0) is 109 Å². The highest BCUT2D eigenvalue weighted by atomic mass is 28.4. The summed E-state index contributed by atoms with van der Waals surface area (Å²) in [6.45, 7) is 32.8. The van der Waals surface area contributed by atoms with Gasteiger partial charge >= 0.3 is 0 Å². The minimum Gasteiger partial charge on any atom is -0.413 e. The molecule has 0 aromatic rings. The molecule has 45 heavy (non-hydrogen) atoms. The summed E-state index contributed by atoms with van der Waals surface area (Å²) in [6, 6.07) is 0. The number of nitrogens with zero attached hydrogens (tertiary/aromatic N) is 1. The Bertz CT molecular complexity index is 1170. The molecule has 0 aliphatic heterocycles. The average Bonchev–Trinajstić information content (AvgIpc) is 3.27. The fourth-order valence-electron chi connectivity index (χ4n) is 7.47. The van der Waals surface area contributed by atoms with E-state index in [-0.39, 0.29) is 33.6 Å². The fourth-order valence-corrected chi connectivity index (χ4v) is 10.1. The van der Waals surface area contributed by atoms with Gasteiger partial charge in [-0.1, -0.05) is 85.8 Å². The molecule has 1 amide bonds. The van der Waals surface area contributed by atoms with Crippen molar-refractivity contribution < 1.29 is 18.5 Å². The molecule has 0 bridgehead atoms. The Labute approximate surface area is 279 Å². The molecule has 7 heteroatoms. The summed E-state index contributed by atoms with van der Waals surface area (Å²) in [6.07, 6.45) is 16.6. The highest BCUT2D eigenvalue weighted by molar-refractivity contribution is 6.74. The summed E-state index contributed by atoms with van der Waals surface area (Å²) in [5, 5.41) is 1.57. The maximum Gasteiger partial charge on any atom is 0.269 e. The van der Waals surface area contributed by atoms with Crippen molar-refractivity contribution in [2.24, 2.45) is 23.2 Å². The van der Waals surface area contributed by atoms with Crippen LogP contribution in [-0.4, -0.2) is 54.0 Å². The third-order valence-corrected chi connectivity index (χ3v) is 21.6. The Kier molecular flexibility index (Phi) is 11.9. The lowest BCUT2D eigenvalue weighted by atomic mass is 9.61. The van der Waals surface area contributed by atoms with Crippen molar-refractivity contribution in [2.75, 3.05) is 14.2 Å². The maximum atomic E-state index is 12.3. The monoisotopic (exact) mass is 657 g/mol. The van der Waals surface area contributed by atoms with E-state index < -0.39 is 16.6 Å². The molecule has 0 N–H and O–H groups in total. The van der Waals surface area contributed by atoms with E-state index in [0.717, 1.165) is 18.4 Å². The topological polar surface area (TPSA) is 48.0 Å². The minimum absolute atomic E-state index is 0.000886. The van der Waals surface area contributed by atoms with Crippen molar-refractivity contribution in [1.82, 2.24) is 5.06 Å². The first-order valence-corrected chi connectivity index (χ1v) is 23.3. The molecule has 0 heterocycles. The smallest absolute Gasteiger partial charge is 0.269 e. The van der Waals surface area contributed by atoms with E-state index in [2.05, 4.69) is 106 Å². The quantitative estimate of drug-likeness (QED) is 0.141. The van der Waals surface area contributed by atoms with Gasteiger partial charge in [0.2, 0.25) is 0 Å². The van der Waals surface area contributed by atoms with Gasteiger partial charge in [0.15, 0.2) is 16.6 Å². The Morgan fingerprint density at radius 3 is 2.20 bits per heavy atom. The van der Waals surface area contributed by atoms with Crippen molar-refractivity contribution in [3.05, 3.63) is 47.6 Å². The largest absolute Gasteiger partial charge is 0.413 e. The van der Waals surface area contributed by atoms with Crippen molar-refractivity contribution in [3.8, 4) is 0 Å². The number of carbonyl (C=O) groups excluding carboxylic acids is 1. The zero-order chi connectivity index (χ0) is 34.2. The third-order valence-electron chi connectivity index (χ3n) is 12.5. The first-order chi connectivity index (χ1) is 20.5. The number of rotatable bonds is 9. The Balaban J connectivity index is 1.89. The molecule has 3 saturated carbocycles. The fraction of sp³-hybridized carbons (Fsp3) is 0.763. The van der Waals surface area contributed by atoms with Crippen LogP contribution in [-0.2, 0) is 18.5 Å². The lowest BCUT2D eigenvalue weighted by Gasteiger charge is -2.45. The number of amides is 1. The van der Waals surface area contributed by atoms with Crippen LogP contribution in [0.1, 0.15) is 100 Å². The van der Waals surface area contributed by atoms with E-state index in [0.29, 0.717) is 17.8 Å². The van der Waals surface area contributed by atoms with Gasteiger partial charge in [-0.2, -0.15) is 0 Å². The zero-order valence-corrected chi connectivity index (χ0v) is 33.4. The molecular formula is C38H67NO4Si2. The standard InChI is InChI=1S/C38H67NO4Si2/c1-27(18-23-35(40)39(10)41-11)32-21-22-33-29(17-16-24-38(32,33)9)19-20-30-25-31(42-44(12,13)36(3,4)5)26-34(28(30)2)43-45(14,15)37(6,7)8/h18-20,23,27,31-34H,2,16-17,21-22,24-26H2,1,3-15H3/b23-18+,29-19+,30-20-/t27-,31-,32-,33+,34+,38-/m1/s1. The lowest BCUT2D eigenvalue weighted by Crippen LogP contribution is -2.49. The molecule has 3 aliphatic carbocycles. The zero-order valence-electron chi connectivity index (χ0n) is 31.4. The Morgan fingerprint density at radius 2 is 1.62 bits per heavy atom. The molecule has 0 spiro atoms. The van der Waals surface area contributed by atoms with Crippen LogP contribution in [0.25, 0.3) is 0 Å². The molecule has 256 valence electrons. The van der Waals surface area contributed by atoms with Gasteiger partial charge in [0.1, 0.15) is 0 Å². The van der Waals surface area contributed by atoms with Crippen molar-refractivity contribution in [3.63, 3.8) is 0 Å². The number of hydroxylamine groups is 2. The van der Waals surface area contributed by atoms with Crippen LogP contribution in [0.2, 0.25) is 36.3 Å². The van der Waals surface area contributed by atoms with E-state index in [9.17, 15) is 4.79 Å². The molecule has 0 radical (unpaired) electrons. The van der Waals surface area contributed by atoms with Crippen LogP contribution in [0.4, 0.5) is 0 Å². The molecular weight excluding hydrogens is 591 g/mol. The normalized spacial score (nSPS) is 31.1. The molecule has 5 nitrogen and oxygen atoms in total. The minimum atomic E-state index is -2.00. The van der Waals surface area contributed by atoms with Gasteiger partial charge in [0.25, 0.3) is 5.91 Å². The Hall–Kier alpha value is -1.26. The van der Waals surface area contributed by atoms with Crippen LogP contribution in [0, 0.1) is 23.2 Å². The van der Waals surface area contributed by atoms with Crippen LogP contribution in [0.5, 0.6) is 0 Å². The van der Waals surface area contributed by atoms with E-state index in [1.807, 2.05) is 0 Å². The summed E-state index contributed by atoms with van der Waals surface area (Å²) in [5.74, 6) is 1.37. The van der Waals surface area contributed by atoms with Crippen LogP contribution in [0.3, 0.4) is 0 Å². The molecule has 0 aromatic heterocycles. The summed E-state index contributed by atoms with van der Waals surface area (Å²) in [5.41, 5.74) is 4.29. The number of hydrogen-bond acceptors (Lipinski definition) is 4. The van der Waals surface area contributed by atoms with Gasteiger partial charge in [-0.25, -0.2) is 5.06 Å². The average molecular weight is 658 g/mol. The molecule has 0 saturated heterocycles. The van der Waals surface area contributed by atoms with Gasteiger partial charge in [0, 0.05) is 19.5 Å². The van der Waals surface area contributed by atoms with Gasteiger partial charge in [-0.15, -0.1) is 0 Å². The molecule has 6 atom stereocenters. The maximum absolute atomic E-state index is 12.3. The Morgan fingerprint density at radius 1 is 1.02 bits per heavy atom. The second kappa shape index (κ2) is 14.1. The summed E-state index contributed by atoms with van der Waals surface area (Å²) < 4.78 is 14.1. The second-order valence-electron chi connectivity index (χ2n) is 17.6. The van der Waals surface area contributed by atoms with Crippen molar-refractivity contribution in [1.29, 1.82) is 0 Å². The van der Waals surface area contributed by atoms with Gasteiger partial charge < -0.3 is 8.85 Å². The van der Waals surface area contributed by atoms with Crippen molar-refractivity contribution >= 4 is 22.5 Å². The summed E-state index contributed by atoms with van der Waals surface area (Å²) >= 11 is 0. The SMILES string of the molecule is C=C1/C(=C\C=C2/CCC[C@]3(C)[C@@H]([C@H](C)/C=C/C(=O)N(C)OC)CC[C@@H]23)C[C@@H](O[Si](C)(C)C(C)(C)C)C[C@@H]1O[Si](C)(C)C(C)(C)C. The first kappa shape index (κ1) is 38.2. The van der Waals surface area contributed by atoms with Crippen LogP contribution < -0.4 is 0 Å². The van der Waals surface area contributed by atoms with Gasteiger partial charge in [-0.3, -0.25) is 9.63 Å². The molecule has 3 fully saturated rings. The number of hydrogen-bond donors (Lipinski definition) is 0. The number of fused-ring (bicyclic) bond motifs is 1. The first-order valence-electron chi connectivity index (χ1n) is 17.5. The number of likely N-dealkylation sites (N-methyl/N-ethyl adjacent to an activating group) is 1. The highest BCUT2D eigenvalue weighted by Crippen LogP contribution is 2.59. The molecule has 0 unspecified atom stereocenters. The van der Waals surface area contributed by atoms with Crippen molar-refractivity contribution in [2.45, 2.75) is 149 Å². The molecule has 3 aliphatic rings. The molecule has 3 rings (SSSR count). The lowest BCUT2D eigenvalue weighted by molar-refractivity contribution is -0.162. The number of carbonyl (C=O) groups is 1.